The molecule has 2 aromatic heterocycles. The minimum Gasteiger partial charge on any atom is -0.276 e. The van der Waals surface area contributed by atoms with Crippen molar-refractivity contribution in [3.05, 3.63) is 56.7 Å². The zero-order valence-electron chi connectivity index (χ0n) is 9.20. The summed E-state index contributed by atoms with van der Waals surface area (Å²) in [5.41, 5.74) is -3.60. The van der Waals surface area contributed by atoms with Crippen molar-refractivity contribution >= 4 is 17.2 Å². The SMILES string of the molecule is O=C(c1ccccc1)n1c(=O)c2ooc2n(F)c1=O. The molecule has 0 amide bonds. The molecule has 0 fully saturated rings. The van der Waals surface area contributed by atoms with Gasteiger partial charge in [0.1, 0.15) is 0 Å². The number of carbonyl (C=O) groups is 1. The van der Waals surface area contributed by atoms with Gasteiger partial charge in [0.2, 0.25) is 0 Å². The van der Waals surface area contributed by atoms with E-state index in [1.807, 2.05) is 0 Å². The third kappa shape index (κ3) is 1.46. The van der Waals surface area contributed by atoms with E-state index in [-0.39, 0.29) is 10.1 Å². The Morgan fingerprint density at radius 2 is 1.79 bits per heavy atom. The van der Waals surface area contributed by atoms with Crippen LogP contribution in [0.15, 0.2) is 49.1 Å². The standard InChI is InChI=1S/C11H5FN2O5/c12-14-10-7(18-19-10)9(16)13(11(14)17)8(15)6-4-2-1-3-5-6/h1-5H. The molecule has 0 aliphatic rings. The lowest BCUT2D eigenvalue weighted by molar-refractivity contribution is 0.0388. The number of halogens is 1. The molecule has 0 aliphatic carbocycles. The first-order valence-electron chi connectivity index (χ1n) is 5.14. The molecule has 0 saturated heterocycles. The monoisotopic (exact) mass is 264 g/mol. The van der Waals surface area contributed by atoms with E-state index in [2.05, 4.69) is 9.15 Å². The van der Waals surface area contributed by atoms with Gasteiger partial charge < -0.3 is 0 Å². The normalized spacial score (nSPS) is 11.0. The summed E-state index contributed by atoms with van der Waals surface area (Å²) in [4.78, 5) is 34.9. The first-order chi connectivity index (χ1) is 9.11. The molecule has 96 valence electrons. The van der Waals surface area contributed by atoms with Crippen LogP contribution in [0.5, 0.6) is 0 Å². The summed E-state index contributed by atoms with van der Waals surface area (Å²) < 4.78 is 22.1. The van der Waals surface area contributed by atoms with Gasteiger partial charge in [-0.05, 0) is 12.1 Å². The highest BCUT2D eigenvalue weighted by Gasteiger charge is 2.25. The molecular weight excluding hydrogens is 259 g/mol. The number of nitrogens with zero attached hydrogens (tertiary/aromatic N) is 2. The molecule has 0 N–H and O–H groups in total. The van der Waals surface area contributed by atoms with Crippen LogP contribution in [0.25, 0.3) is 11.3 Å². The largest absolute Gasteiger partial charge is 0.370 e. The van der Waals surface area contributed by atoms with Crippen LogP contribution < -0.4 is 11.2 Å². The molecule has 2 heterocycles. The van der Waals surface area contributed by atoms with Crippen LogP contribution in [0.3, 0.4) is 0 Å². The van der Waals surface area contributed by atoms with E-state index in [4.69, 9.17) is 0 Å². The molecule has 0 unspecified atom stereocenters. The Morgan fingerprint density at radius 1 is 1.11 bits per heavy atom. The third-order valence-corrected chi connectivity index (χ3v) is 2.56. The Hall–Kier alpha value is -2.90. The average Bonchev–Trinajstić information content (AvgIpc) is 2.37. The second kappa shape index (κ2) is 3.80. The van der Waals surface area contributed by atoms with Gasteiger partial charge in [-0.2, -0.15) is 4.57 Å². The van der Waals surface area contributed by atoms with E-state index in [1.165, 1.54) is 12.1 Å². The van der Waals surface area contributed by atoms with Gasteiger partial charge in [-0.1, -0.05) is 27.5 Å². The summed E-state index contributed by atoms with van der Waals surface area (Å²) in [5.74, 6) is -0.944. The van der Waals surface area contributed by atoms with Crippen molar-refractivity contribution in [2.24, 2.45) is 0 Å². The smallest absolute Gasteiger partial charge is 0.276 e. The Labute approximate surface area is 102 Å². The fourth-order valence-electron chi connectivity index (χ4n) is 1.62. The van der Waals surface area contributed by atoms with Gasteiger partial charge in [0, 0.05) is 5.56 Å². The average molecular weight is 264 g/mol. The van der Waals surface area contributed by atoms with Gasteiger partial charge in [0.05, 0.1) is 0 Å². The molecule has 0 saturated carbocycles. The summed E-state index contributed by atoms with van der Waals surface area (Å²) in [5, 5.41) is 0. The van der Waals surface area contributed by atoms with Crippen molar-refractivity contribution in [3.63, 3.8) is 0 Å². The quantitative estimate of drug-likeness (QED) is 0.606. The topological polar surface area (TPSA) is 87.3 Å². The van der Waals surface area contributed by atoms with Crippen molar-refractivity contribution in [1.29, 1.82) is 0 Å². The fourth-order valence-corrected chi connectivity index (χ4v) is 1.62. The number of fused-ring (bicyclic) bond motifs is 1. The van der Waals surface area contributed by atoms with Crippen LogP contribution >= 0.6 is 0 Å². The van der Waals surface area contributed by atoms with Gasteiger partial charge in [0.15, 0.2) is 0 Å². The Bertz CT molecular complexity index is 883. The molecule has 0 spiro atoms. The minimum atomic E-state index is -1.44. The molecule has 3 rings (SSSR count). The van der Waals surface area contributed by atoms with Crippen LogP contribution in [0.1, 0.15) is 10.4 Å². The van der Waals surface area contributed by atoms with Crippen LogP contribution in [-0.2, 0) is 0 Å². The third-order valence-electron chi connectivity index (χ3n) is 2.56. The Balaban J connectivity index is 2.30. The van der Waals surface area contributed by atoms with Crippen LogP contribution in [0, 0.1) is 0 Å². The van der Waals surface area contributed by atoms with Crippen LogP contribution in [0.4, 0.5) is 4.48 Å². The highest BCUT2D eigenvalue weighted by Crippen LogP contribution is 2.12. The minimum absolute atomic E-state index is 0.0712. The molecule has 0 bridgehead atoms. The highest BCUT2D eigenvalue weighted by atomic mass is 19.2. The van der Waals surface area contributed by atoms with Gasteiger partial charge >= 0.3 is 22.5 Å². The van der Waals surface area contributed by atoms with Crippen molar-refractivity contribution in [2.45, 2.75) is 0 Å². The van der Waals surface area contributed by atoms with Gasteiger partial charge in [-0.15, -0.1) is 0 Å². The molecule has 0 aliphatic heterocycles. The number of hydrogen-bond acceptors (Lipinski definition) is 5. The second-order valence-electron chi connectivity index (χ2n) is 3.68. The van der Waals surface area contributed by atoms with E-state index < -0.39 is 33.2 Å². The van der Waals surface area contributed by atoms with Crippen LogP contribution in [0.2, 0.25) is 0 Å². The predicted molar refractivity (Wildman–Crippen MR) is 59.7 cm³/mol. The van der Waals surface area contributed by atoms with Crippen LogP contribution in [-0.4, -0.2) is 15.3 Å². The summed E-state index contributed by atoms with van der Waals surface area (Å²) in [6.45, 7) is 0. The fraction of sp³-hybridized carbons (Fsp3) is 0. The number of hydrogen-bond donors (Lipinski definition) is 0. The molecule has 8 heteroatoms. The maximum atomic E-state index is 13.4. The summed E-state index contributed by atoms with van der Waals surface area (Å²) in [7, 11) is 0. The van der Waals surface area contributed by atoms with Crippen molar-refractivity contribution in [1.82, 2.24) is 9.36 Å². The number of aromatic nitrogens is 2. The second-order valence-corrected chi connectivity index (χ2v) is 3.68. The predicted octanol–water partition coefficient (Wildman–Crippen LogP) is 0.770. The first kappa shape index (κ1) is 11.2. The summed E-state index contributed by atoms with van der Waals surface area (Å²) in [6.07, 6.45) is 0. The molecule has 0 radical (unpaired) electrons. The highest BCUT2D eigenvalue weighted by molar-refractivity contribution is 5.96. The zero-order chi connectivity index (χ0) is 13.6. The molecule has 7 nitrogen and oxygen atoms in total. The van der Waals surface area contributed by atoms with Gasteiger partial charge in [0.25, 0.3) is 5.91 Å². The van der Waals surface area contributed by atoms with E-state index in [0.29, 0.717) is 0 Å². The van der Waals surface area contributed by atoms with Gasteiger partial charge in [-0.3, -0.25) is 18.7 Å². The lowest BCUT2D eigenvalue weighted by Gasteiger charge is -2.05. The lowest BCUT2D eigenvalue weighted by Crippen LogP contribution is -2.42. The first-order valence-corrected chi connectivity index (χ1v) is 5.14. The van der Waals surface area contributed by atoms with Crippen molar-refractivity contribution in [3.8, 4) is 0 Å². The van der Waals surface area contributed by atoms with Gasteiger partial charge in [-0.25, -0.2) is 4.79 Å². The lowest BCUT2D eigenvalue weighted by atomic mass is 10.2. The maximum absolute atomic E-state index is 13.4. The Kier molecular flexibility index (Phi) is 2.24. The molecule has 19 heavy (non-hydrogen) atoms. The molecule has 0 atom stereocenters. The molecule has 1 aromatic carbocycles. The number of carbonyl (C=O) groups excluding carboxylic acids is 1. The number of rotatable bonds is 1. The molecular formula is C11H5FN2O5. The summed E-state index contributed by atoms with van der Waals surface area (Å²) in [6, 6.07) is 7.54. The van der Waals surface area contributed by atoms with Crippen molar-refractivity contribution < 1.29 is 18.4 Å². The van der Waals surface area contributed by atoms with E-state index in [0.717, 1.165) is 0 Å². The molecule has 3 aromatic rings. The maximum Gasteiger partial charge on any atom is 0.370 e. The van der Waals surface area contributed by atoms with E-state index in [1.54, 1.807) is 18.2 Å². The zero-order valence-corrected chi connectivity index (χ0v) is 9.20. The number of benzene rings is 1. The van der Waals surface area contributed by atoms with E-state index >= 15 is 0 Å². The van der Waals surface area contributed by atoms with E-state index in [9.17, 15) is 18.9 Å². The Morgan fingerprint density at radius 3 is 2.37 bits per heavy atom. The summed E-state index contributed by atoms with van der Waals surface area (Å²) >= 11 is 0. The van der Waals surface area contributed by atoms with Crippen molar-refractivity contribution in [2.75, 3.05) is 0 Å².